The van der Waals surface area contributed by atoms with E-state index in [0.29, 0.717) is 5.88 Å². The van der Waals surface area contributed by atoms with Crippen LogP contribution >= 0.6 is 0 Å². The monoisotopic (exact) mass is 183 g/mol. The molecule has 0 fully saturated rings. The molecule has 1 atom stereocenters. The van der Waals surface area contributed by atoms with Crippen LogP contribution in [0.5, 0.6) is 5.88 Å². The second-order valence-electron chi connectivity index (χ2n) is 3.11. The molecule has 5 nitrogen and oxygen atoms in total. The minimum Gasteiger partial charge on any atom is -0.407 e. The summed E-state index contributed by atoms with van der Waals surface area (Å²) in [5, 5.41) is 6.15. The molecule has 0 radical (unpaired) electrons. The molecule has 0 aliphatic heterocycles. The lowest BCUT2D eigenvalue weighted by Gasteiger charge is -2.12. The summed E-state index contributed by atoms with van der Waals surface area (Å²) in [7, 11) is 0. The highest BCUT2D eigenvalue weighted by Crippen LogP contribution is 2.06. The fourth-order valence-electron chi connectivity index (χ4n) is 0.749. The van der Waals surface area contributed by atoms with Gasteiger partial charge in [0.1, 0.15) is 6.04 Å². The van der Waals surface area contributed by atoms with Crippen molar-refractivity contribution in [2.45, 2.75) is 19.9 Å². The van der Waals surface area contributed by atoms with Crippen LogP contribution < -0.4 is 10.5 Å². The standard InChI is InChI=1S/C8H13N3O2/c1-5(2)7(9)8(12)13-6-3-4-10-11-6/h3-5,7H,9H2,1-2H3,(H,10,11)/t7-/m0/s1. The third-order valence-electron chi connectivity index (χ3n) is 1.68. The summed E-state index contributed by atoms with van der Waals surface area (Å²) < 4.78 is 4.90. The average molecular weight is 183 g/mol. The fourth-order valence-corrected chi connectivity index (χ4v) is 0.749. The van der Waals surface area contributed by atoms with Crippen molar-refractivity contribution >= 4 is 5.97 Å². The maximum Gasteiger partial charge on any atom is 0.329 e. The Kier molecular flexibility index (Phi) is 3.02. The summed E-state index contributed by atoms with van der Waals surface area (Å²) in [6.07, 6.45) is 1.50. The van der Waals surface area contributed by atoms with E-state index in [4.69, 9.17) is 10.5 Å². The number of aromatic nitrogens is 2. The Balaban J connectivity index is 2.51. The van der Waals surface area contributed by atoms with Crippen LogP contribution in [0.3, 0.4) is 0 Å². The van der Waals surface area contributed by atoms with Gasteiger partial charge in [0.15, 0.2) is 0 Å². The Morgan fingerprint density at radius 3 is 2.85 bits per heavy atom. The zero-order valence-corrected chi connectivity index (χ0v) is 7.65. The van der Waals surface area contributed by atoms with Crippen LogP contribution in [0.25, 0.3) is 0 Å². The van der Waals surface area contributed by atoms with Crippen molar-refractivity contribution in [3.8, 4) is 5.88 Å². The van der Waals surface area contributed by atoms with Gasteiger partial charge in [-0.3, -0.25) is 0 Å². The molecule has 72 valence electrons. The summed E-state index contributed by atoms with van der Waals surface area (Å²) >= 11 is 0. The molecule has 1 aromatic heterocycles. The summed E-state index contributed by atoms with van der Waals surface area (Å²) in [5.41, 5.74) is 5.57. The molecular weight excluding hydrogens is 170 g/mol. The fraction of sp³-hybridized carbons (Fsp3) is 0.500. The van der Waals surface area contributed by atoms with Crippen molar-refractivity contribution in [2.75, 3.05) is 0 Å². The molecule has 5 heteroatoms. The number of nitrogens with two attached hydrogens (primary N) is 1. The van der Waals surface area contributed by atoms with Crippen LogP contribution in [-0.4, -0.2) is 22.2 Å². The molecule has 13 heavy (non-hydrogen) atoms. The van der Waals surface area contributed by atoms with E-state index in [9.17, 15) is 4.79 Å². The topological polar surface area (TPSA) is 81.0 Å². The third kappa shape index (κ3) is 2.55. The molecule has 0 spiro atoms. The van der Waals surface area contributed by atoms with Crippen molar-refractivity contribution in [3.05, 3.63) is 12.3 Å². The van der Waals surface area contributed by atoms with E-state index in [1.54, 1.807) is 6.07 Å². The highest BCUT2D eigenvalue weighted by atomic mass is 16.5. The van der Waals surface area contributed by atoms with Crippen LogP contribution in [0.1, 0.15) is 13.8 Å². The maximum absolute atomic E-state index is 11.3. The Bertz CT molecular complexity index is 269. The maximum atomic E-state index is 11.3. The van der Waals surface area contributed by atoms with Crippen LogP contribution in [0, 0.1) is 5.92 Å². The molecule has 1 aromatic rings. The smallest absolute Gasteiger partial charge is 0.329 e. The number of rotatable bonds is 3. The number of aromatic amines is 1. The van der Waals surface area contributed by atoms with Crippen LogP contribution in [0.15, 0.2) is 12.3 Å². The normalized spacial score (nSPS) is 12.9. The van der Waals surface area contributed by atoms with Crippen molar-refractivity contribution in [1.29, 1.82) is 0 Å². The minimum atomic E-state index is -0.594. The quantitative estimate of drug-likeness (QED) is 0.660. The first kappa shape index (κ1) is 9.73. The zero-order valence-electron chi connectivity index (χ0n) is 7.65. The number of esters is 1. The van der Waals surface area contributed by atoms with Crippen LogP contribution in [0.4, 0.5) is 0 Å². The highest BCUT2D eigenvalue weighted by Gasteiger charge is 2.19. The van der Waals surface area contributed by atoms with Gasteiger partial charge in [-0.15, -0.1) is 0 Å². The molecule has 0 saturated carbocycles. The van der Waals surface area contributed by atoms with Gasteiger partial charge in [-0.2, -0.15) is 5.10 Å². The van der Waals surface area contributed by atoms with Crippen LogP contribution in [-0.2, 0) is 4.79 Å². The molecule has 1 rings (SSSR count). The molecular formula is C8H13N3O2. The average Bonchev–Trinajstić information content (AvgIpc) is 2.55. The Labute approximate surface area is 76.3 Å². The number of hydrogen-bond acceptors (Lipinski definition) is 4. The van der Waals surface area contributed by atoms with Crippen molar-refractivity contribution < 1.29 is 9.53 Å². The first-order chi connectivity index (χ1) is 6.11. The minimum absolute atomic E-state index is 0.0652. The predicted molar refractivity (Wildman–Crippen MR) is 47.0 cm³/mol. The van der Waals surface area contributed by atoms with E-state index in [2.05, 4.69) is 10.2 Å². The van der Waals surface area contributed by atoms with E-state index in [0.717, 1.165) is 0 Å². The summed E-state index contributed by atoms with van der Waals surface area (Å²) in [6.45, 7) is 3.72. The molecule has 3 N–H and O–H groups in total. The second kappa shape index (κ2) is 4.04. The van der Waals surface area contributed by atoms with E-state index in [1.165, 1.54) is 6.20 Å². The Morgan fingerprint density at radius 2 is 2.38 bits per heavy atom. The van der Waals surface area contributed by atoms with Gasteiger partial charge in [-0.1, -0.05) is 13.8 Å². The molecule has 0 saturated heterocycles. The SMILES string of the molecule is CC(C)[C@H](N)C(=O)Oc1ccn[nH]1. The summed E-state index contributed by atoms with van der Waals surface area (Å²) in [4.78, 5) is 11.3. The molecule has 0 amide bonds. The molecule has 0 bridgehead atoms. The lowest BCUT2D eigenvalue weighted by molar-refractivity contribution is -0.137. The number of nitrogens with one attached hydrogen (secondary N) is 1. The number of ether oxygens (including phenoxy) is 1. The van der Waals surface area contributed by atoms with E-state index in [-0.39, 0.29) is 5.92 Å². The zero-order chi connectivity index (χ0) is 9.84. The third-order valence-corrected chi connectivity index (χ3v) is 1.68. The second-order valence-corrected chi connectivity index (χ2v) is 3.11. The van der Waals surface area contributed by atoms with Crippen molar-refractivity contribution in [1.82, 2.24) is 10.2 Å². The van der Waals surface area contributed by atoms with E-state index < -0.39 is 12.0 Å². The van der Waals surface area contributed by atoms with Crippen molar-refractivity contribution in [3.63, 3.8) is 0 Å². The lowest BCUT2D eigenvalue weighted by atomic mass is 10.1. The summed E-state index contributed by atoms with van der Waals surface area (Å²) in [6, 6.07) is 0.966. The number of carbonyl (C=O) groups is 1. The Morgan fingerprint density at radius 1 is 1.69 bits per heavy atom. The van der Waals surface area contributed by atoms with Crippen molar-refractivity contribution in [2.24, 2.45) is 11.7 Å². The van der Waals surface area contributed by atoms with Gasteiger partial charge in [0.2, 0.25) is 5.88 Å². The van der Waals surface area contributed by atoms with Gasteiger partial charge >= 0.3 is 5.97 Å². The van der Waals surface area contributed by atoms with Gasteiger partial charge < -0.3 is 10.5 Å². The molecule has 1 heterocycles. The first-order valence-corrected chi connectivity index (χ1v) is 4.08. The van der Waals surface area contributed by atoms with Gasteiger partial charge in [0.05, 0.1) is 6.20 Å². The van der Waals surface area contributed by atoms with Gasteiger partial charge in [-0.25, -0.2) is 9.89 Å². The predicted octanol–water partition coefficient (Wildman–Crippen LogP) is 0.298. The van der Waals surface area contributed by atoms with Gasteiger partial charge in [0, 0.05) is 6.07 Å². The summed E-state index contributed by atoms with van der Waals surface area (Å²) in [5.74, 6) is -0.0595. The number of carbonyl (C=O) groups excluding carboxylic acids is 1. The lowest BCUT2D eigenvalue weighted by Crippen LogP contribution is -2.38. The molecule has 0 aliphatic carbocycles. The first-order valence-electron chi connectivity index (χ1n) is 4.08. The highest BCUT2D eigenvalue weighted by molar-refractivity contribution is 5.77. The van der Waals surface area contributed by atoms with E-state index in [1.807, 2.05) is 13.8 Å². The number of hydrogen-bond donors (Lipinski definition) is 2. The molecule has 0 unspecified atom stereocenters. The largest absolute Gasteiger partial charge is 0.407 e. The van der Waals surface area contributed by atoms with Crippen LogP contribution in [0.2, 0.25) is 0 Å². The van der Waals surface area contributed by atoms with Gasteiger partial charge in [-0.05, 0) is 5.92 Å². The Hall–Kier alpha value is -1.36. The van der Waals surface area contributed by atoms with E-state index >= 15 is 0 Å². The van der Waals surface area contributed by atoms with Gasteiger partial charge in [0.25, 0.3) is 0 Å². The number of H-pyrrole nitrogens is 1. The number of nitrogens with zero attached hydrogens (tertiary/aromatic N) is 1. The molecule has 0 aromatic carbocycles. The molecule has 0 aliphatic rings.